The summed E-state index contributed by atoms with van der Waals surface area (Å²) in [6.45, 7) is 4.21. The van der Waals surface area contributed by atoms with E-state index in [1.54, 1.807) is 0 Å². The molecule has 0 fully saturated rings. The highest BCUT2D eigenvalue weighted by Crippen LogP contribution is 2.20. The van der Waals surface area contributed by atoms with Crippen molar-refractivity contribution in [3.63, 3.8) is 0 Å². The zero-order valence-electron chi connectivity index (χ0n) is 9.18. The summed E-state index contributed by atoms with van der Waals surface area (Å²) in [5.41, 5.74) is 8.55. The Labute approximate surface area is 91.3 Å². The molecule has 0 aliphatic carbocycles. The van der Waals surface area contributed by atoms with Gasteiger partial charge in [0.05, 0.1) is 11.0 Å². The minimum absolute atomic E-state index is 0.325. The summed E-state index contributed by atoms with van der Waals surface area (Å²) in [7, 11) is 0. The molecule has 1 aromatic heterocycles. The number of aryl methyl sites for hydroxylation is 1. The number of fused-ring (bicyclic) bond motifs is 1. The van der Waals surface area contributed by atoms with E-state index in [0.717, 1.165) is 16.7 Å². The Morgan fingerprint density at radius 1 is 1.19 bits per heavy atom. The van der Waals surface area contributed by atoms with Gasteiger partial charge in [0.25, 0.3) is 0 Å². The molecule has 16 heavy (non-hydrogen) atoms. The van der Waals surface area contributed by atoms with Gasteiger partial charge in [0.1, 0.15) is 0 Å². The van der Waals surface area contributed by atoms with Gasteiger partial charge in [-0.2, -0.15) is 0 Å². The Balaban J connectivity index is 3.03. The molecular formula is C11H13N3O2. The van der Waals surface area contributed by atoms with Crippen molar-refractivity contribution in [2.45, 2.75) is 20.4 Å². The molecule has 5 heteroatoms. The van der Waals surface area contributed by atoms with Gasteiger partial charge in [-0.15, -0.1) is 0 Å². The maximum absolute atomic E-state index is 11.3. The Morgan fingerprint density at radius 3 is 2.44 bits per heavy atom. The summed E-state index contributed by atoms with van der Waals surface area (Å²) in [4.78, 5) is 27.6. The van der Waals surface area contributed by atoms with Crippen LogP contribution in [0, 0.1) is 13.8 Å². The highest BCUT2D eigenvalue weighted by Gasteiger charge is 2.08. The van der Waals surface area contributed by atoms with E-state index in [2.05, 4.69) is 9.97 Å². The van der Waals surface area contributed by atoms with Gasteiger partial charge in [0, 0.05) is 6.54 Å². The number of rotatable bonds is 1. The lowest BCUT2D eigenvalue weighted by Gasteiger charge is -2.10. The number of nitrogens with one attached hydrogen (secondary N) is 2. The second-order valence-electron chi connectivity index (χ2n) is 3.83. The highest BCUT2D eigenvalue weighted by atomic mass is 16.2. The number of aromatic nitrogens is 2. The number of nitrogens with two attached hydrogens (primary N) is 1. The van der Waals surface area contributed by atoms with Crippen LogP contribution in [0.1, 0.15) is 16.7 Å². The molecule has 1 aromatic carbocycles. The molecule has 2 aromatic rings. The lowest BCUT2D eigenvalue weighted by Crippen LogP contribution is -2.29. The Bertz CT molecular complexity index is 667. The number of hydrogen-bond acceptors (Lipinski definition) is 3. The predicted octanol–water partition coefficient (Wildman–Crippen LogP) is 0.292. The zero-order chi connectivity index (χ0) is 11.9. The molecule has 0 amide bonds. The number of benzene rings is 1. The van der Waals surface area contributed by atoms with Gasteiger partial charge >= 0.3 is 11.1 Å². The van der Waals surface area contributed by atoms with E-state index < -0.39 is 11.1 Å². The SMILES string of the molecule is Cc1cc2[nH]c(=O)c(=O)[nH]c2c(CN)c1C. The van der Waals surface area contributed by atoms with Crippen molar-refractivity contribution >= 4 is 11.0 Å². The van der Waals surface area contributed by atoms with Crippen LogP contribution in [-0.4, -0.2) is 9.97 Å². The van der Waals surface area contributed by atoms with Gasteiger partial charge in [-0.25, -0.2) is 0 Å². The standard InChI is InChI=1S/C11H13N3O2/c1-5-3-8-9(7(4-12)6(5)2)14-11(16)10(15)13-8/h3H,4,12H2,1-2H3,(H,13,15)(H,14,16). The number of hydrogen-bond donors (Lipinski definition) is 3. The summed E-state index contributed by atoms with van der Waals surface area (Å²) in [5.74, 6) is 0. The quantitative estimate of drug-likeness (QED) is 0.602. The fraction of sp³-hybridized carbons (Fsp3) is 0.273. The first-order valence-electron chi connectivity index (χ1n) is 5.00. The lowest BCUT2D eigenvalue weighted by molar-refractivity contribution is 1.03. The van der Waals surface area contributed by atoms with Crippen LogP contribution in [0.4, 0.5) is 0 Å². The normalized spacial score (nSPS) is 10.9. The van der Waals surface area contributed by atoms with Crippen LogP contribution >= 0.6 is 0 Å². The van der Waals surface area contributed by atoms with Crippen LogP contribution < -0.4 is 16.9 Å². The fourth-order valence-electron chi connectivity index (χ4n) is 1.83. The second kappa shape index (κ2) is 3.61. The van der Waals surface area contributed by atoms with E-state index in [4.69, 9.17) is 5.73 Å². The van der Waals surface area contributed by atoms with E-state index in [9.17, 15) is 9.59 Å². The van der Waals surface area contributed by atoms with Crippen LogP contribution in [-0.2, 0) is 6.54 Å². The van der Waals surface area contributed by atoms with Crippen molar-refractivity contribution < 1.29 is 0 Å². The summed E-state index contributed by atoms with van der Waals surface area (Å²) >= 11 is 0. The molecule has 84 valence electrons. The smallest absolute Gasteiger partial charge is 0.314 e. The van der Waals surface area contributed by atoms with Crippen LogP contribution in [0.3, 0.4) is 0 Å². The maximum Gasteiger partial charge on any atom is 0.314 e. The first kappa shape index (κ1) is 10.6. The van der Waals surface area contributed by atoms with Gasteiger partial charge in [-0.05, 0) is 36.6 Å². The summed E-state index contributed by atoms with van der Waals surface area (Å²) < 4.78 is 0. The van der Waals surface area contributed by atoms with Crippen molar-refractivity contribution in [2.24, 2.45) is 5.73 Å². The molecule has 0 saturated heterocycles. The van der Waals surface area contributed by atoms with E-state index in [1.807, 2.05) is 19.9 Å². The maximum atomic E-state index is 11.3. The number of H-pyrrole nitrogens is 2. The van der Waals surface area contributed by atoms with Gasteiger partial charge in [0.2, 0.25) is 0 Å². The molecule has 0 saturated carbocycles. The summed E-state index contributed by atoms with van der Waals surface area (Å²) in [6.07, 6.45) is 0. The minimum Gasteiger partial charge on any atom is -0.326 e. The highest BCUT2D eigenvalue weighted by molar-refractivity contribution is 5.80. The largest absolute Gasteiger partial charge is 0.326 e. The first-order valence-corrected chi connectivity index (χ1v) is 5.00. The lowest BCUT2D eigenvalue weighted by atomic mass is 10.0. The topological polar surface area (TPSA) is 91.7 Å². The Kier molecular flexibility index (Phi) is 2.40. The Hall–Kier alpha value is -1.88. The third-order valence-electron chi connectivity index (χ3n) is 2.87. The molecule has 0 radical (unpaired) electrons. The van der Waals surface area contributed by atoms with Gasteiger partial charge in [-0.1, -0.05) is 0 Å². The van der Waals surface area contributed by atoms with Crippen LogP contribution in [0.25, 0.3) is 11.0 Å². The number of aromatic amines is 2. The zero-order valence-corrected chi connectivity index (χ0v) is 9.18. The monoisotopic (exact) mass is 219 g/mol. The van der Waals surface area contributed by atoms with E-state index in [0.29, 0.717) is 17.6 Å². The van der Waals surface area contributed by atoms with Crippen LogP contribution in [0.2, 0.25) is 0 Å². The predicted molar refractivity (Wildman–Crippen MR) is 62.6 cm³/mol. The molecule has 4 N–H and O–H groups in total. The fourth-order valence-corrected chi connectivity index (χ4v) is 1.83. The van der Waals surface area contributed by atoms with Crippen molar-refractivity contribution in [2.75, 3.05) is 0 Å². The molecule has 0 aliphatic rings. The molecule has 1 heterocycles. The van der Waals surface area contributed by atoms with E-state index >= 15 is 0 Å². The van der Waals surface area contributed by atoms with Crippen molar-refractivity contribution in [1.82, 2.24) is 9.97 Å². The van der Waals surface area contributed by atoms with E-state index in [1.165, 1.54) is 0 Å². The van der Waals surface area contributed by atoms with Crippen molar-refractivity contribution in [3.05, 3.63) is 43.5 Å². The van der Waals surface area contributed by atoms with Crippen molar-refractivity contribution in [3.8, 4) is 0 Å². The summed E-state index contributed by atoms with van der Waals surface area (Å²) in [5, 5.41) is 0. The molecule has 5 nitrogen and oxygen atoms in total. The van der Waals surface area contributed by atoms with E-state index in [-0.39, 0.29) is 0 Å². The van der Waals surface area contributed by atoms with Crippen LogP contribution in [0.5, 0.6) is 0 Å². The molecule has 0 aliphatic heterocycles. The van der Waals surface area contributed by atoms with Gasteiger partial charge in [-0.3, -0.25) is 9.59 Å². The Morgan fingerprint density at radius 2 is 1.81 bits per heavy atom. The van der Waals surface area contributed by atoms with Crippen molar-refractivity contribution in [1.29, 1.82) is 0 Å². The minimum atomic E-state index is -0.648. The third kappa shape index (κ3) is 1.45. The van der Waals surface area contributed by atoms with Crippen LogP contribution in [0.15, 0.2) is 15.7 Å². The molecule has 2 rings (SSSR count). The molecule has 0 bridgehead atoms. The molecular weight excluding hydrogens is 206 g/mol. The average Bonchev–Trinajstić information content (AvgIpc) is 2.24. The molecule has 0 unspecified atom stereocenters. The van der Waals surface area contributed by atoms with Gasteiger partial charge < -0.3 is 15.7 Å². The van der Waals surface area contributed by atoms with Gasteiger partial charge in [0.15, 0.2) is 0 Å². The average molecular weight is 219 g/mol. The first-order chi connectivity index (χ1) is 7.54. The summed E-state index contributed by atoms with van der Waals surface area (Å²) in [6, 6.07) is 1.83. The molecule has 0 spiro atoms. The molecule has 0 atom stereocenters. The third-order valence-corrected chi connectivity index (χ3v) is 2.87. The second-order valence-corrected chi connectivity index (χ2v) is 3.83.